The van der Waals surface area contributed by atoms with E-state index in [1.54, 1.807) is 13.1 Å². The van der Waals surface area contributed by atoms with E-state index in [1.807, 2.05) is 68.4 Å². The molecule has 3 amide bonds. The van der Waals surface area contributed by atoms with Gasteiger partial charge in [0.1, 0.15) is 24.3 Å². The van der Waals surface area contributed by atoms with Crippen molar-refractivity contribution >= 4 is 34.6 Å². The molecule has 2 aromatic carbocycles. The number of ketones is 1. The van der Waals surface area contributed by atoms with Crippen LogP contribution < -0.4 is 16.0 Å². The number of alkyl carbamates (subject to hydrolysis) is 1. The molecule has 0 spiro atoms. The lowest BCUT2D eigenvalue weighted by molar-refractivity contribution is -0.134. The van der Waals surface area contributed by atoms with E-state index >= 15 is 0 Å². The summed E-state index contributed by atoms with van der Waals surface area (Å²) in [6, 6.07) is 14.1. The van der Waals surface area contributed by atoms with Crippen molar-refractivity contribution in [1.82, 2.24) is 20.9 Å². The van der Waals surface area contributed by atoms with Crippen molar-refractivity contribution in [3.05, 3.63) is 71.9 Å². The van der Waals surface area contributed by atoms with Gasteiger partial charge in [0.15, 0.2) is 5.78 Å². The number of aromatic amines is 1. The summed E-state index contributed by atoms with van der Waals surface area (Å²) in [5.41, 5.74) is 1.63. The third-order valence-corrected chi connectivity index (χ3v) is 7.56. The van der Waals surface area contributed by atoms with Crippen LogP contribution in [0.2, 0.25) is 0 Å². The van der Waals surface area contributed by atoms with Gasteiger partial charge in [-0.2, -0.15) is 0 Å². The number of benzene rings is 2. The Morgan fingerprint density at radius 1 is 0.976 bits per heavy atom. The predicted octanol–water partition coefficient (Wildman–Crippen LogP) is 3.40. The first-order chi connectivity index (χ1) is 19.6. The SMILES string of the molecule is CCC(C)C(NC(=O)[C@H](Cc1c[nH]c2ccccc12)NC(=O)C(C)NC(=O)OCc1ccccc1)C(=O)C1(C)CO1. The second-order valence-electron chi connectivity index (χ2n) is 10.8. The normalized spacial score (nSPS) is 18.9. The number of hydrogen-bond acceptors (Lipinski definition) is 6. The maximum absolute atomic E-state index is 13.7. The number of carbonyl (C=O) groups is 4. The quantitative estimate of drug-likeness (QED) is 0.235. The third-order valence-electron chi connectivity index (χ3n) is 7.56. The molecule has 0 saturated carbocycles. The molecule has 4 rings (SSSR count). The fourth-order valence-corrected chi connectivity index (χ4v) is 4.57. The Kier molecular flexibility index (Phi) is 9.44. The highest BCUT2D eigenvalue weighted by molar-refractivity contribution is 5.98. The van der Waals surface area contributed by atoms with Gasteiger partial charge < -0.3 is 30.4 Å². The van der Waals surface area contributed by atoms with Gasteiger partial charge in [0.25, 0.3) is 0 Å². The number of Topliss-reactive ketones (excluding diaryl/α,β-unsaturated/α-hetero) is 1. The summed E-state index contributed by atoms with van der Waals surface area (Å²) in [6.45, 7) is 7.44. The molecule has 1 aliphatic rings. The van der Waals surface area contributed by atoms with Crippen LogP contribution in [-0.4, -0.2) is 59.0 Å². The molecular weight excluding hydrogens is 524 g/mol. The summed E-state index contributed by atoms with van der Waals surface area (Å²) in [7, 11) is 0. The zero-order chi connectivity index (χ0) is 29.6. The van der Waals surface area contributed by atoms with Gasteiger partial charge in [0.05, 0.1) is 12.6 Å². The van der Waals surface area contributed by atoms with Crippen molar-refractivity contribution < 1.29 is 28.7 Å². The molecule has 1 aliphatic heterocycles. The first-order valence-electron chi connectivity index (χ1n) is 13.9. The molecule has 10 heteroatoms. The van der Waals surface area contributed by atoms with E-state index in [2.05, 4.69) is 20.9 Å². The summed E-state index contributed by atoms with van der Waals surface area (Å²) in [4.78, 5) is 55.6. The van der Waals surface area contributed by atoms with Gasteiger partial charge >= 0.3 is 6.09 Å². The lowest BCUT2D eigenvalue weighted by atomic mass is 9.89. The van der Waals surface area contributed by atoms with Crippen LogP contribution in [0, 0.1) is 5.92 Å². The Hall–Kier alpha value is -4.18. The van der Waals surface area contributed by atoms with Crippen molar-refractivity contribution in [3.8, 4) is 0 Å². The lowest BCUT2D eigenvalue weighted by Crippen LogP contribution is -2.58. The Balaban J connectivity index is 1.47. The van der Waals surface area contributed by atoms with Crippen molar-refractivity contribution in [2.24, 2.45) is 5.92 Å². The van der Waals surface area contributed by atoms with E-state index in [1.165, 1.54) is 6.92 Å². The molecule has 5 atom stereocenters. The van der Waals surface area contributed by atoms with E-state index < -0.39 is 41.6 Å². The summed E-state index contributed by atoms with van der Waals surface area (Å²) < 4.78 is 10.6. The third kappa shape index (κ3) is 7.52. The van der Waals surface area contributed by atoms with Crippen LogP contribution >= 0.6 is 0 Å². The molecule has 1 aromatic heterocycles. The minimum absolute atomic E-state index is 0.0558. The fourth-order valence-electron chi connectivity index (χ4n) is 4.57. The number of para-hydroxylation sites is 1. The summed E-state index contributed by atoms with van der Waals surface area (Å²) in [6.07, 6.45) is 1.88. The number of carbonyl (C=O) groups excluding carboxylic acids is 4. The number of ether oxygens (including phenoxy) is 2. The van der Waals surface area contributed by atoms with E-state index in [9.17, 15) is 19.2 Å². The molecule has 0 bridgehead atoms. The zero-order valence-electron chi connectivity index (χ0n) is 23.9. The molecule has 218 valence electrons. The first kappa shape index (κ1) is 29.8. The molecule has 1 fully saturated rings. The summed E-state index contributed by atoms with van der Waals surface area (Å²) in [5.74, 6) is -1.39. The van der Waals surface area contributed by atoms with Crippen LogP contribution in [0.3, 0.4) is 0 Å². The minimum atomic E-state index is -1.02. The van der Waals surface area contributed by atoms with Gasteiger partial charge in [-0.15, -0.1) is 0 Å². The molecule has 0 radical (unpaired) electrons. The van der Waals surface area contributed by atoms with Crippen molar-refractivity contribution in [1.29, 1.82) is 0 Å². The molecule has 2 heterocycles. The van der Waals surface area contributed by atoms with Crippen LogP contribution in [0.5, 0.6) is 0 Å². The Morgan fingerprint density at radius 3 is 2.34 bits per heavy atom. The largest absolute Gasteiger partial charge is 0.445 e. The molecule has 4 unspecified atom stereocenters. The second-order valence-corrected chi connectivity index (χ2v) is 10.8. The van der Waals surface area contributed by atoms with Gasteiger partial charge in [-0.25, -0.2) is 4.79 Å². The standard InChI is InChI=1S/C31H38N4O6/c1-5-19(2)26(27(36)31(4)18-41-31)35-29(38)25(15-22-16-32-24-14-10-9-13-23(22)24)34-28(37)20(3)33-30(39)40-17-21-11-7-6-8-12-21/h6-14,16,19-20,25-26,32H,5,15,17-18H2,1-4H3,(H,33,39)(H,34,37)(H,35,38)/t19?,20?,25-,26?,31?/m0/s1. The number of nitrogens with one attached hydrogen (secondary N) is 4. The molecule has 3 aromatic rings. The van der Waals surface area contributed by atoms with Crippen LogP contribution in [0.1, 0.15) is 45.2 Å². The van der Waals surface area contributed by atoms with Gasteiger partial charge in [-0.05, 0) is 37.0 Å². The highest BCUT2D eigenvalue weighted by Crippen LogP contribution is 2.30. The molecular formula is C31H38N4O6. The van der Waals surface area contributed by atoms with Crippen LogP contribution in [-0.2, 0) is 36.9 Å². The smallest absolute Gasteiger partial charge is 0.408 e. The molecule has 10 nitrogen and oxygen atoms in total. The highest BCUT2D eigenvalue weighted by Gasteiger charge is 2.51. The van der Waals surface area contributed by atoms with E-state index in [4.69, 9.17) is 9.47 Å². The monoisotopic (exact) mass is 562 g/mol. The van der Waals surface area contributed by atoms with Crippen molar-refractivity contribution in [3.63, 3.8) is 0 Å². The van der Waals surface area contributed by atoms with Gasteiger partial charge in [0, 0.05) is 23.5 Å². The number of aromatic nitrogens is 1. The molecule has 0 aliphatic carbocycles. The first-order valence-corrected chi connectivity index (χ1v) is 13.9. The van der Waals surface area contributed by atoms with Gasteiger partial charge in [-0.1, -0.05) is 68.8 Å². The maximum Gasteiger partial charge on any atom is 0.408 e. The Morgan fingerprint density at radius 2 is 1.66 bits per heavy atom. The summed E-state index contributed by atoms with van der Waals surface area (Å²) >= 11 is 0. The number of amides is 3. The minimum Gasteiger partial charge on any atom is -0.445 e. The second kappa shape index (κ2) is 13.0. The zero-order valence-corrected chi connectivity index (χ0v) is 23.9. The van der Waals surface area contributed by atoms with Crippen LogP contribution in [0.25, 0.3) is 10.9 Å². The van der Waals surface area contributed by atoms with Crippen LogP contribution in [0.4, 0.5) is 4.79 Å². The predicted molar refractivity (Wildman–Crippen MR) is 154 cm³/mol. The molecule has 1 saturated heterocycles. The van der Waals surface area contributed by atoms with Gasteiger partial charge in [0.2, 0.25) is 11.8 Å². The average molecular weight is 563 g/mol. The van der Waals surface area contributed by atoms with E-state index in [-0.39, 0.29) is 24.7 Å². The number of rotatable bonds is 13. The summed E-state index contributed by atoms with van der Waals surface area (Å²) in [5, 5.41) is 9.10. The Bertz CT molecular complexity index is 1380. The van der Waals surface area contributed by atoms with E-state index in [0.717, 1.165) is 22.0 Å². The molecule has 4 N–H and O–H groups in total. The van der Waals surface area contributed by atoms with Crippen molar-refractivity contribution in [2.75, 3.05) is 6.61 Å². The number of H-pyrrole nitrogens is 1. The highest BCUT2D eigenvalue weighted by atomic mass is 16.6. The topological polar surface area (TPSA) is 142 Å². The van der Waals surface area contributed by atoms with Crippen LogP contribution in [0.15, 0.2) is 60.8 Å². The maximum atomic E-state index is 13.7. The van der Waals surface area contributed by atoms with E-state index in [0.29, 0.717) is 13.0 Å². The Labute approximate surface area is 239 Å². The lowest BCUT2D eigenvalue weighted by Gasteiger charge is -2.28. The average Bonchev–Trinajstić information content (AvgIpc) is 3.61. The fraction of sp³-hybridized carbons (Fsp3) is 0.419. The number of fused-ring (bicyclic) bond motifs is 1. The number of epoxide rings is 1. The molecule has 41 heavy (non-hydrogen) atoms. The number of hydrogen-bond donors (Lipinski definition) is 4. The van der Waals surface area contributed by atoms with Gasteiger partial charge in [-0.3, -0.25) is 14.4 Å². The van der Waals surface area contributed by atoms with Crippen molar-refractivity contribution in [2.45, 2.75) is 70.9 Å².